The Labute approximate surface area is 126 Å². The maximum absolute atomic E-state index is 12.7. The summed E-state index contributed by atoms with van der Waals surface area (Å²) in [5.41, 5.74) is -0.628. The van der Waals surface area contributed by atoms with Crippen molar-refractivity contribution in [1.82, 2.24) is 5.32 Å². The van der Waals surface area contributed by atoms with Gasteiger partial charge in [-0.1, -0.05) is 24.9 Å². The van der Waals surface area contributed by atoms with Gasteiger partial charge in [0.1, 0.15) is 0 Å². The summed E-state index contributed by atoms with van der Waals surface area (Å²) in [4.78, 5) is 0. The molecule has 0 radical (unpaired) electrons. The highest BCUT2D eigenvalue weighted by Gasteiger charge is 2.33. The molecular weight excluding hydrogens is 309 g/mol. The molecule has 0 aliphatic rings. The molecule has 0 aliphatic heterocycles. The zero-order valence-corrected chi connectivity index (χ0v) is 12.7. The van der Waals surface area contributed by atoms with Gasteiger partial charge in [-0.15, -0.1) is 0 Å². The Kier molecular flexibility index (Phi) is 6.07. The van der Waals surface area contributed by atoms with E-state index in [1.54, 1.807) is 0 Å². The minimum atomic E-state index is -4.49. The van der Waals surface area contributed by atoms with Gasteiger partial charge in [-0.05, 0) is 43.8 Å². The minimum Gasteiger partial charge on any atom is -0.360 e. The van der Waals surface area contributed by atoms with E-state index in [4.69, 9.17) is 23.8 Å². The molecule has 112 valence electrons. The molecule has 0 aromatic heterocycles. The maximum atomic E-state index is 12.7. The molecule has 0 fully saturated rings. The molecule has 0 spiro atoms. The zero-order chi connectivity index (χ0) is 15.3. The Morgan fingerprint density at radius 3 is 2.60 bits per heavy atom. The SMILES string of the molecule is CCC[C@@H](C)NC(=S)Nc1ccc(Cl)c(C(F)(F)F)c1. The molecule has 1 rings (SSSR count). The molecule has 0 aliphatic carbocycles. The summed E-state index contributed by atoms with van der Waals surface area (Å²) in [5, 5.41) is 5.70. The van der Waals surface area contributed by atoms with Crippen LogP contribution in [0.15, 0.2) is 18.2 Å². The van der Waals surface area contributed by atoms with Gasteiger partial charge in [0.2, 0.25) is 0 Å². The van der Waals surface area contributed by atoms with E-state index in [9.17, 15) is 13.2 Å². The molecule has 0 amide bonds. The van der Waals surface area contributed by atoms with Crippen molar-refractivity contribution in [2.75, 3.05) is 5.32 Å². The third-order valence-corrected chi connectivity index (χ3v) is 3.18. The molecule has 1 aromatic rings. The fourth-order valence-electron chi connectivity index (χ4n) is 1.72. The van der Waals surface area contributed by atoms with Crippen LogP contribution >= 0.6 is 23.8 Å². The number of rotatable bonds is 4. The first-order valence-corrected chi connectivity index (χ1v) is 6.97. The standard InChI is InChI=1S/C13H16ClF3N2S/c1-3-4-8(2)18-12(20)19-9-5-6-11(14)10(7-9)13(15,16)17/h5-8H,3-4H2,1-2H3,(H2,18,19,20)/t8-/m1/s1. The van der Waals surface area contributed by atoms with Gasteiger partial charge in [-0.25, -0.2) is 0 Å². The lowest BCUT2D eigenvalue weighted by Gasteiger charge is -2.17. The lowest BCUT2D eigenvalue weighted by Crippen LogP contribution is -2.35. The second-order valence-electron chi connectivity index (χ2n) is 4.48. The van der Waals surface area contributed by atoms with Crippen LogP contribution in [0.4, 0.5) is 18.9 Å². The maximum Gasteiger partial charge on any atom is 0.417 e. The third-order valence-electron chi connectivity index (χ3n) is 2.63. The molecule has 7 heteroatoms. The summed E-state index contributed by atoms with van der Waals surface area (Å²) < 4.78 is 38.1. The molecule has 20 heavy (non-hydrogen) atoms. The monoisotopic (exact) mass is 324 g/mol. The molecule has 2 N–H and O–H groups in total. The first kappa shape index (κ1) is 17.0. The van der Waals surface area contributed by atoms with E-state index < -0.39 is 11.7 Å². The molecule has 1 atom stereocenters. The van der Waals surface area contributed by atoms with Crippen LogP contribution in [0.25, 0.3) is 0 Å². The van der Waals surface area contributed by atoms with Crippen molar-refractivity contribution in [3.63, 3.8) is 0 Å². The van der Waals surface area contributed by atoms with E-state index in [0.717, 1.165) is 18.9 Å². The molecule has 0 heterocycles. The van der Waals surface area contributed by atoms with Crippen molar-refractivity contribution in [2.45, 2.75) is 38.9 Å². The van der Waals surface area contributed by atoms with Gasteiger partial charge in [0, 0.05) is 11.7 Å². The number of thiocarbonyl (C=S) groups is 1. The van der Waals surface area contributed by atoms with Crippen LogP contribution in [0.1, 0.15) is 32.3 Å². The fourth-order valence-corrected chi connectivity index (χ4v) is 2.26. The van der Waals surface area contributed by atoms with Crippen LogP contribution in [0.2, 0.25) is 5.02 Å². The second kappa shape index (κ2) is 7.13. The smallest absolute Gasteiger partial charge is 0.360 e. The first-order valence-electron chi connectivity index (χ1n) is 6.18. The highest BCUT2D eigenvalue weighted by atomic mass is 35.5. The highest BCUT2D eigenvalue weighted by Crippen LogP contribution is 2.36. The predicted octanol–water partition coefficient (Wildman–Crippen LogP) is 4.83. The van der Waals surface area contributed by atoms with Crippen LogP contribution in [-0.2, 0) is 6.18 Å². The Bertz CT molecular complexity index is 477. The second-order valence-corrected chi connectivity index (χ2v) is 5.30. The van der Waals surface area contributed by atoms with Crippen LogP contribution in [0, 0.1) is 0 Å². The van der Waals surface area contributed by atoms with Crippen LogP contribution < -0.4 is 10.6 Å². The molecular formula is C13H16ClF3N2S. The van der Waals surface area contributed by atoms with Crippen LogP contribution in [-0.4, -0.2) is 11.2 Å². The van der Waals surface area contributed by atoms with Crippen molar-refractivity contribution in [1.29, 1.82) is 0 Å². The number of hydrogen-bond acceptors (Lipinski definition) is 1. The summed E-state index contributed by atoms with van der Waals surface area (Å²) in [7, 11) is 0. The normalized spacial score (nSPS) is 12.9. The van der Waals surface area contributed by atoms with Gasteiger partial charge in [0.25, 0.3) is 0 Å². The molecule has 0 unspecified atom stereocenters. The molecule has 0 saturated carbocycles. The van der Waals surface area contributed by atoms with Crippen molar-refractivity contribution in [3.8, 4) is 0 Å². The largest absolute Gasteiger partial charge is 0.417 e. The number of alkyl halides is 3. The number of anilines is 1. The Hall–Kier alpha value is -1.01. The number of benzene rings is 1. The van der Waals surface area contributed by atoms with Gasteiger partial charge in [-0.3, -0.25) is 0 Å². The van der Waals surface area contributed by atoms with Crippen LogP contribution in [0.5, 0.6) is 0 Å². The minimum absolute atomic E-state index is 0.161. The van der Waals surface area contributed by atoms with Crippen molar-refractivity contribution < 1.29 is 13.2 Å². The Balaban J connectivity index is 2.76. The van der Waals surface area contributed by atoms with Gasteiger partial charge in [0.05, 0.1) is 10.6 Å². The summed E-state index contributed by atoms with van der Waals surface area (Å²) in [6.45, 7) is 4.00. The molecule has 1 aromatic carbocycles. The van der Waals surface area contributed by atoms with E-state index >= 15 is 0 Å². The first-order chi connectivity index (χ1) is 9.24. The highest BCUT2D eigenvalue weighted by molar-refractivity contribution is 7.80. The molecule has 0 saturated heterocycles. The molecule has 0 bridgehead atoms. The number of halogens is 4. The Morgan fingerprint density at radius 2 is 2.05 bits per heavy atom. The van der Waals surface area contributed by atoms with Gasteiger partial charge in [0.15, 0.2) is 5.11 Å². The Morgan fingerprint density at radius 1 is 1.40 bits per heavy atom. The van der Waals surface area contributed by atoms with Crippen LogP contribution in [0.3, 0.4) is 0 Å². The van der Waals surface area contributed by atoms with E-state index in [0.29, 0.717) is 5.11 Å². The average Bonchev–Trinajstić information content (AvgIpc) is 2.30. The topological polar surface area (TPSA) is 24.1 Å². The summed E-state index contributed by atoms with van der Waals surface area (Å²) in [6, 6.07) is 3.76. The quantitative estimate of drug-likeness (QED) is 0.775. The van der Waals surface area contributed by atoms with Crippen molar-refractivity contribution >= 4 is 34.6 Å². The van der Waals surface area contributed by atoms with E-state index in [2.05, 4.69) is 10.6 Å². The van der Waals surface area contributed by atoms with E-state index in [1.165, 1.54) is 12.1 Å². The average molecular weight is 325 g/mol. The number of hydrogen-bond donors (Lipinski definition) is 2. The van der Waals surface area contributed by atoms with Gasteiger partial charge >= 0.3 is 6.18 Å². The zero-order valence-electron chi connectivity index (χ0n) is 11.1. The van der Waals surface area contributed by atoms with E-state index in [1.807, 2.05) is 13.8 Å². The van der Waals surface area contributed by atoms with Crippen molar-refractivity contribution in [3.05, 3.63) is 28.8 Å². The number of nitrogens with one attached hydrogen (secondary N) is 2. The van der Waals surface area contributed by atoms with Gasteiger partial charge in [-0.2, -0.15) is 13.2 Å². The fraction of sp³-hybridized carbons (Fsp3) is 0.462. The summed E-state index contributed by atoms with van der Waals surface area (Å²) in [5.74, 6) is 0. The predicted molar refractivity (Wildman–Crippen MR) is 80.2 cm³/mol. The lowest BCUT2D eigenvalue weighted by atomic mass is 10.2. The molecule has 2 nitrogen and oxygen atoms in total. The van der Waals surface area contributed by atoms with Gasteiger partial charge < -0.3 is 10.6 Å². The van der Waals surface area contributed by atoms with Crippen molar-refractivity contribution in [2.24, 2.45) is 0 Å². The third kappa shape index (κ3) is 5.17. The lowest BCUT2D eigenvalue weighted by molar-refractivity contribution is -0.137. The summed E-state index contributed by atoms with van der Waals surface area (Å²) in [6.07, 6.45) is -2.56. The van der Waals surface area contributed by atoms with E-state index in [-0.39, 0.29) is 16.8 Å². The summed E-state index contributed by atoms with van der Waals surface area (Å²) >= 11 is 10.6.